The van der Waals surface area contributed by atoms with Crippen molar-refractivity contribution in [2.24, 2.45) is 0 Å². The van der Waals surface area contributed by atoms with Crippen LogP contribution in [0.15, 0.2) is 30.3 Å². The van der Waals surface area contributed by atoms with Gasteiger partial charge in [0.1, 0.15) is 18.3 Å². The second kappa shape index (κ2) is 5.42. The fourth-order valence-electron chi connectivity index (χ4n) is 2.66. The van der Waals surface area contributed by atoms with Crippen LogP contribution >= 0.6 is 0 Å². The summed E-state index contributed by atoms with van der Waals surface area (Å²) in [4.78, 5) is 0. The first kappa shape index (κ1) is 14.0. The van der Waals surface area contributed by atoms with E-state index in [1.165, 1.54) is 0 Å². The van der Waals surface area contributed by atoms with Gasteiger partial charge in [-0.2, -0.15) is 0 Å². The Kier molecular flexibility index (Phi) is 3.79. The van der Waals surface area contributed by atoms with Crippen molar-refractivity contribution in [3.05, 3.63) is 35.9 Å². The molecule has 5 heteroatoms. The van der Waals surface area contributed by atoms with E-state index < -0.39 is 18.2 Å². The summed E-state index contributed by atoms with van der Waals surface area (Å²) in [6.45, 7) is 4.55. The molecule has 0 aromatic heterocycles. The number of fused-ring (bicyclic) bond motifs is 1. The van der Waals surface area contributed by atoms with Crippen molar-refractivity contribution in [1.82, 2.24) is 0 Å². The van der Waals surface area contributed by atoms with Gasteiger partial charge in [-0.1, -0.05) is 30.3 Å². The highest BCUT2D eigenvalue weighted by Gasteiger charge is 2.54. The van der Waals surface area contributed by atoms with Gasteiger partial charge in [0, 0.05) is 0 Å². The zero-order valence-corrected chi connectivity index (χ0v) is 11.7. The van der Waals surface area contributed by atoms with Crippen molar-refractivity contribution in [3.8, 4) is 0 Å². The zero-order valence-electron chi connectivity index (χ0n) is 11.7. The van der Waals surface area contributed by atoms with E-state index in [-0.39, 0.29) is 12.2 Å². The first-order chi connectivity index (χ1) is 9.55. The van der Waals surface area contributed by atoms with Gasteiger partial charge in [-0.05, 0) is 19.4 Å². The molecule has 5 nitrogen and oxygen atoms in total. The number of aliphatic hydroxyl groups excluding tert-OH is 1. The molecule has 2 aliphatic rings. The van der Waals surface area contributed by atoms with Crippen molar-refractivity contribution in [1.29, 1.82) is 0 Å². The van der Waals surface area contributed by atoms with Crippen LogP contribution in [0.1, 0.15) is 19.4 Å². The largest absolute Gasteiger partial charge is 0.374 e. The van der Waals surface area contributed by atoms with Crippen molar-refractivity contribution >= 4 is 0 Å². The Morgan fingerprint density at radius 1 is 1.15 bits per heavy atom. The minimum absolute atomic E-state index is 0.282. The van der Waals surface area contributed by atoms with Crippen molar-refractivity contribution in [3.63, 3.8) is 0 Å². The van der Waals surface area contributed by atoms with Crippen LogP contribution in [0.4, 0.5) is 0 Å². The molecule has 0 spiro atoms. The Morgan fingerprint density at radius 2 is 1.85 bits per heavy atom. The summed E-state index contributed by atoms with van der Waals surface area (Å²) < 4.78 is 22.5. The number of aliphatic hydroxyl groups is 1. The molecule has 0 amide bonds. The topological polar surface area (TPSA) is 57.2 Å². The van der Waals surface area contributed by atoms with Crippen molar-refractivity contribution < 1.29 is 24.1 Å². The Bertz CT molecular complexity index is 447. The highest BCUT2D eigenvalue weighted by Crippen LogP contribution is 2.37. The molecule has 2 heterocycles. The average Bonchev–Trinajstić information content (AvgIpc) is 2.87. The van der Waals surface area contributed by atoms with E-state index in [4.69, 9.17) is 18.9 Å². The fourth-order valence-corrected chi connectivity index (χ4v) is 2.66. The molecule has 1 unspecified atom stereocenters. The molecule has 4 atom stereocenters. The van der Waals surface area contributed by atoms with Gasteiger partial charge in [-0.25, -0.2) is 0 Å². The van der Waals surface area contributed by atoms with Crippen LogP contribution in [0.3, 0.4) is 0 Å². The van der Waals surface area contributed by atoms with E-state index >= 15 is 0 Å². The van der Waals surface area contributed by atoms with Crippen LogP contribution in [-0.2, 0) is 25.6 Å². The Balaban J connectivity index is 1.53. The number of hydrogen-bond donors (Lipinski definition) is 1. The first-order valence-electron chi connectivity index (χ1n) is 6.86. The van der Waals surface area contributed by atoms with Gasteiger partial charge in [-0.3, -0.25) is 0 Å². The Labute approximate surface area is 118 Å². The van der Waals surface area contributed by atoms with Crippen LogP contribution in [-0.4, -0.2) is 42.1 Å². The van der Waals surface area contributed by atoms with Gasteiger partial charge in [-0.15, -0.1) is 0 Å². The second-order valence-corrected chi connectivity index (χ2v) is 5.63. The zero-order chi connectivity index (χ0) is 14.2. The summed E-state index contributed by atoms with van der Waals surface area (Å²) in [7, 11) is 0. The molecule has 3 rings (SSSR count). The van der Waals surface area contributed by atoms with Crippen molar-refractivity contribution in [2.45, 2.75) is 50.8 Å². The molecular weight excluding hydrogens is 260 g/mol. The van der Waals surface area contributed by atoms with Gasteiger partial charge >= 0.3 is 0 Å². The third kappa shape index (κ3) is 2.87. The molecule has 110 valence electrons. The molecular formula is C15H20O5. The second-order valence-electron chi connectivity index (χ2n) is 5.63. The maximum absolute atomic E-state index is 9.84. The highest BCUT2D eigenvalue weighted by atomic mass is 16.8. The summed E-state index contributed by atoms with van der Waals surface area (Å²) in [6, 6.07) is 9.93. The molecule has 2 fully saturated rings. The molecule has 0 aliphatic carbocycles. The van der Waals surface area contributed by atoms with Crippen LogP contribution in [0, 0.1) is 0 Å². The molecule has 0 bridgehead atoms. The maximum Gasteiger partial charge on any atom is 0.184 e. The molecule has 2 aliphatic heterocycles. The summed E-state index contributed by atoms with van der Waals surface area (Å²) in [5, 5.41) is 9.84. The standard InChI is InChI=1S/C15H20O5/c1-15(2)19-12-11(18-14(16)13(12)20-15)9-17-8-10-6-4-3-5-7-10/h3-7,11-14,16H,8-9H2,1-2H3/t11-,12-,13-,14?/m1/s1. The quantitative estimate of drug-likeness (QED) is 0.904. The predicted molar refractivity (Wildman–Crippen MR) is 70.8 cm³/mol. The summed E-state index contributed by atoms with van der Waals surface area (Å²) in [6.07, 6.45) is -1.97. The Hall–Kier alpha value is -0.980. The minimum Gasteiger partial charge on any atom is -0.374 e. The number of ether oxygens (including phenoxy) is 4. The van der Waals surface area contributed by atoms with Gasteiger partial charge in [0.2, 0.25) is 0 Å². The van der Waals surface area contributed by atoms with Crippen LogP contribution in [0.2, 0.25) is 0 Å². The molecule has 1 aromatic carbocycles. The molecule has 0 saturated carbocycles. The molecule has 1 N–H and O–H groups in total. The average molecular weight is 280 g/mol. The molecule has 0 radical (unpaired) electrons. The highest BCUT2D eigenvalue weighted by molar-refractivity contribution is 5.13. The number of benzene rings is 1. The van der Waals surface area contributed by atoms with Gasteiger partial charge in [0.05, 0.1) is 13.2 Å². The van der Waals surface area contributed by atoms with Crippen LogP contribution in [0.5, 0.6) is 0 Å². The van der Waals surface area contributed by atoms with Crippen LogP contribution < -0.4 is 0 Å². The van der Waals surface area contributed by atoms with Gasteiger partial charge in [0.25, 0.3) is 0 Å². The van der Waals surface area contributed by atoms with Gasteiger partial charge < -0.3 is 24.1 Å². The van der Waals surface area contributed by atoms with E-state index in [9.17, 15) is 5.11 Å². The van der Waals surface area contributed by atoms with Crippen LogP contribution in [0.25, 0.3) is 0 Å². The smallest absolute Gasteiger partial charge is 0.184 e. The molecule has 1 aromatic rings. The lowest BCUT2D eigenvalue weighted by atomic mass is 10.1. The van der Waals surface area contributed by atoms with E-state index in [1.807, 2.05) is 44.2 Å². The van der Waals surface area contributed by atoms with Gasteiger partial charge in [0.15, 0.2) is 12.1 Å². The minimum atomic E-state index is -0.952. The number of hydrogen-bond acceptors (Lipinski definition) is 5. The van der Waals surface area contributed by atoms with E-state index in [0.717, 1.165) is 5.56 Å². The van der Waals surface area contributed by atoms with E-state index in [0.29, 0.717) is 13.2 Å². The lowest BCUT2D eigenvalue weighted by Gasteiger charge is -2.22. The summed E-state index contributed by atoms with van der Waals surface area (Å²) in [5.74, 6) is -0.683. The first-order valence-corrected chi connectivity index (χ1v) is 6.86. The monoisotopic (exact) mass is 280 g/mol. The third-order valence-corrected chi connectivity index (χ3v) is 3.52. The fraction of sp³-hybridized carbons (Fsp3) is 0.600. The maximum atomic E-state index is 9.84. The van der Waals surface area contributed by atoms with E-state index in [1.54, 1.807) is 0 Å². The summed E-state index contributed by atoms with van der Waals surface area (Å²) >= 11 is 0. The normalized spacial score (nSPS) is 35.1. The Morgan fingerprint density at radius 3 is 2.60 bits per heavy atom. The lowest BCUT2D eigenvalue weighted by molar-refractivity contribution is -0.225. The molecule has 20 heavy (non-hydrogen) atoms. The van der Waals surface area contributed by atoms with E-state index in [2.05, 4.69) is 0 Å². The third-order valence-electron chi connectivity index (χ3n) is 3.52. The summed E-state index contributed by atoms with van der Waals surface area (Å²) in [5.41, 5.74) is 1.10. The molecule has 2 saturated heterocycles. The van der Waals surface area contributed by atoms with Crippen molar-refractivity contribution in [2.75, 3.05) is 6.61 Å². The lowest BCUT2D eigenvalue weighted by Crippen LogP contribution is -2.32. The SMILES string of the molecule is CC1(C)O[C@@H]2[C@@H](COCc3ccccc3)OC(O)[C@@H]2O1. The number of rotatable bonds is 4. The predicted octanol–water partition coefficient (Wildman–Crippen LogP) is 1.44.